The first-order valence-corrected chi connectivity index (χ1v) is 4.65. The molecule has 0 aromatic carbocycles. The first-order valence-electron chi connectivity index (χ1n) is 4.65. The van der Waals surface area contributed by atoms with Gasteiger partial charge in [0.2, 0.25) is 0 Å². The minimum Gasteiger partial charge on any atom is -0.265 e. The molecule has 3 nitrogen and oxygen atoms in total. The molecule has 0 bridgehead atoms. The summed E-state index contributed by atoms with van der Waals surface area (Å²) in [5.74, 6) is 0. The Kier molecular flexibility index (Phi) is 2.31. The molecule has 0 amide bonds. The van der Waals surface area contributed by atoms with E-state index in [-0.39, 0.29) is 0 Å². The SMILES string of the molecule is Cc1cc(C)n(Cc2ccncc2)n1. The van der Waals surface area contributed by atoms with Crippen LogP contribution in [0.15, 0.2) is 30.6 Å². The molecule has 0 atom stereocenters. The van der Waals surface area contributed by atoms with Crippen LogP contribution in [0.25, 0.3) is 0 Å². The van der Waals surface area contributed by atoms with Crippen molar-refractivity contribution in [3.8, 4) is 0 Å². The second-order valence-electron chi connectivity index (χ2n) is 3.44. The van der Waals surface area contributed by atoms with E-state index in [0.29, 0.717) is 0 Å². The number of pyridine rings is 1. The third-order valence-corrected chi connectivity index (χ3v) is 2.19. The van der Waals surface area contributed by atoms with Gasteiger partial charge in [0.1, 0.15) is 0 Å². The number of hydrogen-bond acceptors (Lipinski definition) is 2. The molecule has 2 heterocycles. The third-order valence-electron chi connectivity index (χ3n) is 2.19. The van der Waals surface area contributed by atoms with Crippen LogP contribution in [-0.2, 0) is 6.54 Å². The first kappa shape index (κ1) is 8.94. The molecule has 72 valence electrons. The lowest BCUT2D eigenvalue weighted by Gasteiger charge is -2.03. The molecule has 2 rings (SSSR count). The van der Waals surface area contributed by atoms with Crippen LogP contribution in [0.3, 0.4) is 0 Å². The zero-order valence-electron chi connectivity index (χ0n) is 8.44. The smallest absolute Gasteiger partial charge is 0.0663 e. The molecule has 2 aromatic heterocycles. The van der Waals surface area contributed by atoms with Gasteiger partial charge in [-0.2, -0.15) is 5.10 Å². The standard InChI is InChI=1S/C11H13N3/c1-9-7-10(2)14(13-9)8-11-3-5-12-6-4-11/h3-7H,8H2,1-2H3. The van der Waals surface area contributed by atoms with Gasteiger partial charge in [0.25, 0.3) is 0 Å². The lowest BCUT2D eigenvalue weighted by atomic mass is 10.3. The number of aromatic nitrogens is 3. The lowest BCUT2D eigenvalue weighted by Crippen LogP contribution is -2.03. The van der Waals surface area contributed by atoms with E-state index in [9.17, 15) is 0 Å². The molecule has 0 N–H and O–H groups in total. The van der Waals surface area contributed by atoms with Crippen LogP contribution in [0.4, 0.5) is 0 Å². The van der Waals surface area contributed by atoms with E-state index in [0.717, 1.165) is 12.2 Å². The summed E-state index contributed by atoms with van der Waals surface area (Å²) in [4.78, 5) is 3.98. The second kappa shape index (κ2) is 3.62. The summed E-state index contributed by atoms with van der Waals surface area (Å²) in [7, 11) is 0. The van der Waals surface area contributed by atoms with Gasteiger partial charge in [0.15, 0.2) is 0 Å². The van der Waals surface area contributed by atoms with E-state index in [1.165, 1.54) is 11.3 Å². The molecule has 0 saturated heterocycles. The summed E-state index contributed by atoms with van der Waals surface area (Å²) >= 11 is 0. The van der Waals surface area contributed by atoms with Crippen molar-refractivity contribution < 1.29 is 0 Å². The predicted molar refractivity (Wildman–Crippen MR) is 55.0 cm³/mol. The van der Waals surface area contributed by atoms with Crippen molar-refractivity contribution >= 4 is 0 Å². The largest absolute Gasteiger partial charge is 0.265 e. The summed E-state index contributed by atoms with van der Waals surface area (Å²) in [6.45, 7) is 4.90. The minimum atomic E-state index is 0.822. The van der Waals surface area contributed by atoms with Gasteiger partial charge in [-0.25, -0.2) is 0 Å². The van der Waals surface area contributed by atoms with Gasteiger partial charge in [-0.15, -0.1) is 0 Å². The molecule has 0 aliphatic heterocycles. The Bertz CT molecular complexity index is 417. The summed E-state index contributed by atoms with van der Waals surface area (Å²) in [6, 6.07) is 6.11. The fraction of sp³-hybridized carbons (Fsp3) is 0.273. The lowest BCUT2D eigenvalue weighted by molar-refractivity contribution is 0.658. The molecule has 14 heavy (non-hydrogen) atoms. The van der Waals surface area contributed by atoms with Crippen LogP contribution in [0.5, 0.6) is 0 Å². The molecule has 0 aliphatic carbocycles. The van der Waals surface area contributed by atoms with Crippen LogP contribution < -0.4 is 0 Å². The molecule has 0 radical (unpaired) electrons. The van der Waals surface area contributed by atoms with Gasteiger partial charge in [-0.3, -0.25) is 9.67 Å². The van der Waals surface area contributed by atoms with Gasteiger partial charge in [0, 0.05) is 18.1 Å². The van der Waals surface area contributed by atoms with E-state index in [2.05, 4.69) is 23.1 Å². The van der Waals surface area contributed by atoms with E-state index in [4.69, 9.17) is 0 Å². The Morgan fingerprint density at radius 2 is 1.93 bits per heavy atom. The maximum Gasteiger partial charge on any atom is 0.0663 e. The average Bonchev–Trinajstić information content (AvgIpc) is 2.47. The van der Waals surface area contributed by atoms with Crippen molar-refractivity contribution in [1.82, 2.24) is 14.8 Å². The summed E-state index contributed by atoms with van der Waals surface area (Å²) in [5.41, 5.74) is 3.49. The van der Waals surface area contributed by atoms with E-state index in [1.807, 2.05) is 23.7 Å². The van der Waals surface area contributed by atoms with Crippen LogP contribution >= 0.6 is 0 Å². The van der Waals surface area contributed by atoms with Gasteiger partial charge >= 0.3 is 0 Å². The van der Waals surface area contributed by atoms with E-state index in [1.54, 1.807) is 12.4 Å². The number of hydrogen-bond donors (Lipinski definition) is 0. The average molecular weight is 187 g/mol. The second-order valence-corrected chi connectivity index (χ2v) is 3.44. The Hall–Kier alpha value is -1.64. The minimum absolute atomic E-state index is 0.822. The number of nitrogens with zero attached hydrogens (tertiary/aromatic N) is 3. The monoisotopic (exact) mass is 187 g/mol. The molecule has 0 saturated carbocycles. The maximum atomic E-state index is 4.40. The van der Waals surface area contributed by atoms with Gasteiger partial charge in [-0.1, -0.05) is 0 Å². The van der Waals surface area contributed by atoms with E-state index < -0.39 is 0 Å². The topological polar surface area (TPSA) is 30.7 Å². The number of aryl methyl sites for hydroxylation is 2. The maximum absolute atomic E-state index is 4.40. The summed E-state index contributed by atoms with van der Waals surface area (Å²) < 4.78 is 2.00. The fourth-order valence-corrected chi connectivity index (χ4v) is 1.50. The van der Waals surface area contributed by atoms with Crippen molar-refractivity contribution in [2.45, 2.75) is 20.4 Å². The molecule has 0 spiro atoms. The zero-order chi connectivity index (χ0) is 9.97. The van der Waals surface area contributed by atoms with Crippen LogP contribution in [0, 0.1) is 13.8 Å². The van der Waals surface area contributed by atoms with Crippen molar-refractivity contribution in [2.24, 2.45) is 0 Å². The molecule has 0 fully saturated rings. The quantitative estimate of drug-likeness (QED) is 0.719. The van der Waals surface area contributed by atoms with Crippen LogP contribution in [0.2, 0.25) is 0 Å². The fourth-order valence-electron chi connectivity index (χ4n) is 1.50. The Labute approximate surface area is 83.4 Å². The van der Waals surface area contributed by atoms with Crippen molar-refractivity contribution in [2.75, 3.05) is 0 Å². The molecular weight excluding hydrogens is 174 g/mol. The van der Waals surface area contributed by atoms with Gasteiger partial charge in [-0.05, 0) is 37.6 Å². The zero-order valence-corrected chi connectivity index (χ0v) is 8.44. The van der Waals surface area contributed by atoms with Crippen molar-refractivity contribution in [3.63, 3.8) is 0 Å². The number of rotatable bonds is 2. The molecule has 0 unspecified atom stereocenters. The highest BCUT2D eigenvalue weighted by Crippen LogP contribution is 2.05. The molecular formula is C11H13N3. The predicted octanol–water partition coefficient (Wildman–Crippen LogP) is 1.94. The summed E-state index contributed by atoms with van der Waals surface area (Å²) in [5, 5.41) is 4.40. The van der Waals surface area contributed by atoms with Crippen molar-refractivity contribution in [3.05, 3.63) is 47.5 Å². The summed E-state index contributed by atoms with van der Waals surface area (Å²) in [6.07, 6.45) is 3.61. The Morgan fingerprint density at radius 1 is 1.21 bits per heavy atom. The highest BCUT2D eigenvalue weighted by atomic mass is 15.3. The Balaban J connectivity index is 2.23. The van der Waals surface area contributed by atoms with Crippen LogP contribution in [0.1, 0.15) is 17.0 Å². The van der Waals surface area contributed by atoms with Crippen LogP contribution in [-0.4, -0.2) is 14.8 Å². The highest BCUT2D eigenvalue weighted by Gasteiger charge is 2.00. The molecule has 3 heteroatoms. The Morgan fingerprint density at radius 3 is 2.50 bits per heavy atom. The highest BCUT2D eigenvalue weighted by molar-refractivity contribution is 5.13. The molecule has 0 aliphatic rings. The van der Waals surface area contributed by atoms with Gasteiger partial charge < -0.3 is 0 Å². The molecule has 2 aromatic rings. The van der Waals surface area contributed by atoms with Crippen molar-refractivity contribution in [1.29, 1.82) is 0 Å². The van der Waals surface area contributed by atoms with Gasteiger partial charge in [0.05, 0.1) is 12.2 Å². The first-order chi connectivity index (χ1) is 6.75. The normalized spacial score (nSPS) is 10.4. The van der Waals surface area contributed by atoms with E-state index >= 15 is 0 Å². The third kappa shape index (κ3) is 1.82.